The number of alkyl halides is 1. The zero-order chi connectivity index (χ0) is 24.3. The fourth-order valence-corrected chi connectivity index (χ4v) is 4.31. The lowest BCUT2D eigenvalue weighted by molar-refractivity contribution is -0.212. The van der Waals surface area contributed by atoms with Crippen molar-refractivity contribution in [3.63, 3.8) is 0 Å². The van der Waals surface area contributed by atoms with E-state index in [9.17, 15) is 5.53 Å². The van der Waals surface area contributed by atoms with Crippen molar-refractivity contribution in [2.24, 2.45) is 5.11 Å². The third-order valence-electron chi connectivity index (χ3n) is 5.75. The molecule has 1 heterocycles. The van der Waals surface area contributed by atoms with Gasteiger partial charge in [0, 0.05) is 4.91 Å². The number of azide groups is 1. The molecule has 35 heavy (non-hydrogen) atoms. The zero-order valence-electron chi connectivity index (χ0n) is 19.2. The largest absolute Gasteiger partial charge is 0.374 e. The number of hydrogen-bond donors (Lipinski definition) is 0. The molecule has 0 saturated carbocycles. The quantitative estimate of drug-likeness (QED) is 0.141. The van der Waals surface area contributed by atoms with Crippen molar-refractivity contribution in [3.8, 4) is 0 Å². The Balaban J connectivity index is 1.52. The lowest BCUT2D eigenvalue weighted by Crippen LogP contribution is -2.58. The molecule has 0 N–H and O–H groups in total. The summed E-state index contributed by atoms with van der Waals surface area (Å²) in [6, 6.07) is 28.7. The molecule has 0 bridgehead atoms. The molecule has 0 aliphatic carbocycles. The predicted octanol–water partition coefficient (Wildman–Crippen LogP) is 6.02. The molecule has 1 saturated heterocycles. The first-order valence-corrected chi connectivity index (χ1v) is 11.9. The minimum absolute atomic E-state index is 0.242. The van der Waals surface area contributed by atoms with Gasteiger partial charge in [-0.3, -0.25) is 0 Å². The molecule has 5 atom stereocenters. The van der Waals surface area contributed by atoms with E-state index in [0.29, 0.717) is 19.8 Å². The van der Waals surface area contributed by atoms with E-state index < -0.39 is 29.9 Å². The molecule has 182 valence electrons. The Bertz CT molecular complexity index is 1070. The van der Waals surface area contributed by atoms with E-state index in [1.165, 1.54) is 0 Å². The van der Waals surface area contributed by atoms with Gasteiger partial charge in [0.1, 0.15) is 23.8 Å². The summed E-state index contributed by atoms with van der Waals surface area (Å²) < 4.78 is 24.6. The maximum atomic E-state index is 9.19. The highest BCUT2D eigenvalue weighted by atomic mass is 35.5. The van der Waals surface area contributed by atoms with E-state index in [-0.39, 0.29) is 6.61 Å². The number of nitrogens with zero attached hydrogens (tertiary/aromatic N) is 3. The van der Waals surface area contributed by atoms with Gasteiger partial charge in [-0.15, -0.1) is 0 Å². The van der Waals surface area contributed by atoms with Crippen LogP contribution in [0.15, 0.2) is 96.1 Å². The summed E-state index contributed by atoms with van der Waals surface area (Å²) in [7, 11) is 0. The van der Waals surface area contributed by atoms with Gasteiger partial charge in [0.2, 0.25) is 0 Å². The molecule has 0 radical (unpaired) electrons. The van der Waals surface area contributed by atoms with Crippen LogP contribution in [0.25, 0.3) is 10.4 Å². The summed E-state index contributed by atoms with van der Waals surface area (Å²) in [5.74, 6) is 0. The minimum Gasteiger partial charge on any atom is -0.374 e. The van der Waals surface area contributed by atoms with Crippen molar-refractivity contribution in [3.05, 3.63) is 118 Å². The Hall–Kier alpha value is -2.90. The topological polar surface area (TPSA) is 85.7 Å². The highest BCUT2D eigenvalue weighted by molar-refractivity contribution is 6.20. The lowest BCUT2D eigenvalue weighted by atomic mass is 9.97. The molecule has 0 spiro atoms. The van der Waals surface area contributed by atoms with Crippen LogP contribution in [0.1, 0.15) is 16.7 Å². The van der Waals surface area contributed by atoms with Gasteiger partial charge in [-0.05, 0) is 22.2 Å². The van der Waals surface area contributed by atoms with Crippen LogP contribution in [0.4, 0.5) is 0 Å². The van der Waals surface area contributed by atoms with Crippen molar-refractivity contribution in [2.45, 2.75) is 49.7 Å². The van der Waals surface area contributed by atoms with Crippen LogP contribution < -0.4 is 0 Å². The Morgan fingerprint density at radius 1 is 0.743 bits per heavy atom. The average molecular weight is 494 g/mol. The molecule has 3 aromatic carbocycles. The number of rotatable bonds is 11. The summed E-state index contributed by atoms with van der Waals surface area (Å²) in [6.45, 7) is 1.32. The van der Waals surface area contributed by atoms with E-state index >= 15 is 0 Å². The minimum atomic E-state index is -0.881. The third-order valence-corrected chi connectivity index (χ3v) is 6.11. The molecule has 0 amide bonds. The summed E-state index contributed by atoms with van der Waals surface area (Å²) in [4.78, 5) is 2.99. The van der Waals surface area contributed by atoms with Crippen LogP contribution in [0, 0.1) is 0 Å². The molecule has 1 aliphatic heterocycles. The second kappa shape index (κ2) is 13.3. The van der Waals surface area contributed by atoms with E-state index in [0.717, 1.165) is 16.7 Å². The molecule has 4 rings (SSSR count). The maximum absolute atomic E-state index is 9.19. The van der Waals surface area contributed by atoms with Gasteiger partial charge >= 0.3 is 0 Å². The van der Waals surface area contributed by atoms with E-state index in [1.807, 2.05) is 91.0 Å². The number of ether oxygens (including phenoxy) is 4. The zero-order valence-corrected chi connectivity index (χ0v) is 20.0. The first-order chi connectivity index (χ1) is 17.2. The standard InChI is InChI=1S/C27H28ClN3O4/c28-27-24(30-31-29)26(34-18-22-14-8-3-9-15-22)25(33-17-21-12-6-2-7-13-21)23(35-27)19-32-16-20-10-4-1-5-11-20/h1-15,23-27H,16-19H2/t23-,24-,25+,26-,27-/m1/s1. The van der Waals surface area contributed by atoms with Gasteiger partial charge < -0.3 is 18.9 Å². The highest BCUT2D eigenvalue weighted by Gasteiger charge is 2.46. The average Bonchev–Trinajstić information content (AvgIpc) is 2.90. The number of hydrogen-bond acceptors (Lipinski definition) is 5. The monoisotopic (exact) mass is 493 g/mol. The van der Waals surface area contributed by atoms with Crippen LogP contribution in [0.3, 0.4) is 0 Å². The van der Waals surface area contributed by atoms with Crippen molar-refractivity contribution in [1.82, 2.24) is 0 Å². The molecule has 8 heteroatoms. The van der Waals surface area contributed by atoms with Crippen LogP contribution in [0.5, 0.6) is 0 Å². The Kier molecular flexibility index (Phi) is 9.55. The second-order valence-corrected chi connectivity index (χ2v) is 8.67. The van der Waals surface area contributed by atoms with Gasteiger partial charge in [-0.2, -0.15) is 0 Å². The maximum Gasteiger partial charge on any atom is 0.142 e. The van der Waals surface area contributed by atoms with Gasteiger partial charge in [0.25, 0.3) is 0 Å². The van der Waals surface area contributed by atoms with Crippen LogP contribution in [0.2, 0.25) is 0 Å². The van der Waals surface area contributed by atoms with Crippen LogP contribution in [-0.2, 0) is 38.8 Å². The summed E-state index contributed by atoms with van der Waals surface area (Å²) in [5.41, 5.74) is 11.4. The predicted molar refractivity (Wildman–Crippen MR) is 134 cm³/mol. The fourth-order valence-electron chi connectivity index (χ4n) is 3.99. The number of halogens is 1. The fraction of sp³-hybridized carbons (Fsp3) is 0.333. The number of benzene rings is 3. The summed E-state index contributed by atoms with van der Waals surface area (Å²) in [5, 5.41) is 3.90. The molecule has 3 aromatic rings. The van der Waals surface area contributed by atoms with E-state index in [4.69, 9.17) is 30.5 Å². The third kappa shape index (κ3) is 7.29. The van der Waals surface area contributed by atoms with Gasteiger partial charge in [-0.1, -0.05) is 108 Å². The van der Waals surface area contributed by atoms with Crippen LogP contribution in [-0.4, -0.2) is 36.5 Å². The SMILES string of the molecule is [N-]=[N+]=N[C@@H]1[C@@H](OCc2ccccc2)[C@@H](OCc2ccccc2)[C@@H](COCc2ccccc2)O[C@H]1Cl. The summed E-state index contributed by atoms with van der Waals surface area (Å²) >= 11 is 6.53. The second-order valence-electron chi connectivity index (χ2n) is 8.24. The summed E-state index contributed by atoms with van der Waals surface area (Å²) in [6.07, 6.45) is -1.72. The molecule has 0 aromatic heterocycles. The van der Waals surface area contributed by atoms with Gasteiger partial charge in [-0.25, -0.2) is 0 Å². The van der Waals surface area contributed by atoms with Crippen molar-refractivity contribution in [1.29, 1.82) is 0 Å². The Morgan fingerprint density at radius 3 is 1.74 bits per heavy atom. The van der Waals surface area contributed by atoms with Gasteiger partial charge in [0.05, 0.1) is 32.5 Å². The normalized spacial score (nSPS) is 24.0. The van der Waals surface area contributed by atoms with Crippen LogP contribution >= 0.6 is 11.6 Å². The molecular weight excluding hydrogens is 466 g/mol. The van der Waals surface area contributed by atoms with Crippen molar-refractivity contribution < 1.29 is 18.9 Å². The van der Waals surface area contributed by atoms with Crippen molar-refractivity contribution in [2.75, 3.05) is 6.61 Å². The first kappa shape index (κ1) is 25.2. The molecule has 0 unspecified atom stereocenters. The van der Waals surface area contributed by atoms with E-state index in [2.05, 4.69) is 10.0 Å². The highest BCUT2D eigenvalue weighted by Crippen LogP contribution is 2.32. The molecule has 1 aliphatic rings. The molecule has 7 nitrogen and oxygen atoms in total. The Morgan fingerprint density at radius 2 is 1.23 bits per heavy atom. The van der Waals surface area contributed by atoms with Crippen molar-refractivity contribution >= 4 is 11.6 Å². The van der Waals surface area contributed by atoms with E-state index in [1.54, 1.807) is 0 Å². The lowest BCUT2D eigenvalue weighted by Gasteiger charge is -2.43. The molecule has 1 fully saturated rings. The smallest absolute Gasteiger partial charge is 0.142 e. The van der Waals surface area contributed by atoms with Gasteiger partial charge in [0.15, 0.2) is 0 Å². The first-order valence-electron chi connectivity index (χ1n) is 11.5. The Labute approximate surface area is 210 Å². The molecular formula is C27H28ClN3O4.